The zero-order chi connectivity index (χ0) is 16.7. The third-order valence-electron chi connectivity index (χ3n) is 4.24. The van der Waals surface area contributed by atoms with E-state index in [9.17, 15) is 19.5 Å². The lowest BCUT2D eigenvalue weighted by molar-refractivity contribution is -0.143. The molecule has 9 heteroatoms. The number of carboxylic acid groups (broad SMARTS) is 1. The normalized spacial score (nSPS) is 16.0. The van der Waals surface area contributed by atoms with Crippen molar-refractivity contribution in [1.82, 2.24) is 19.3 Å². The van der Waals surface area contributed by atoms with Crippen LogP contribution in [-0.2, 0) is 11.8 Å². The van der Waals surface area contributed by atoms with E-state index >= 15 is 0 Å². The van der Waals surface area contributed by atoms with Gasteiger partial charge < -0.3 is 15.1 Å². The fourth-order valence-electron chi connectivity index (χ4n) is 2.87. The molecule has 1 amide bonds. The summed E-state index contributed by atoms with van der Waals surface area (Å²) in [5.41, 5.74) is -0.700. The third kappa shape index (κ3) is 2.33. The molecule has 0 unspecified atom stereocenters. The summed E-state index contributed by atoms with van der Waals surface area (Å²) in [5.74, 6) is -2.35. The molecule has 0 saturated carbocycles. The van der Waals surface area contributed by atoms with Crippen molar-refractivity contribution in [3.8, 4) is 5.75 Å². The molecule has 0 aromatic carbocycles. The Balaban J connectivity index is 1.96. The summed E-state index contributed by atoms with van der Waals surface area (Å²) in [5, 5.41) is 23.2. The minimum absolute atomic E-state index is 0.239. The van der Waals surface area contributed by atoms with E-state index in [4.69, 9.17) is 5.11 Å². The number of amides is 1. The summed E-state index contributed by atoms with van der Waals surface area (Å²) in [4.78, 5) is 37.3. The predicted molar refractivity (Wildman–Crippen MR) is 78.4 cm³/mol. The van der Waals surface area contributed by atoms with E-state index < -0.39 is 29.1 Å². The number of carboxylic acids is 1. The molecule has 3 rings (SSSR count). The first-order valence-electron chi connectivity index (χ1n) is 7.20. The van der Waals surface area contributed by atoms with Crippen LogP contribution in [0.15, 0.2) is 17.1 Å². The van der Waals surface area contributed by atoms with Gasteiger partial charge in [-0.25, -0.2) is 4.68 Å². The van der Waals surface area contributed by atoms with E-state index in [0.717, 1.165) is 4.68 Å². The Hall–Kier alpha value is -2.84. The Morgan fingerprint density at radius 3 is 2.57 bits per heavy atom. The number of hydrogen-bond donors (Lipinski definition) is 2. The number of aryl methyl sites for hydroxylation is 1. The molecule has 0 spiro atoms. The van der Waals surface area contributed by atoms with Crippen LogP contribution in [0.3, 0.4) is 0 Å². The Labute approximate surface area is 130 Å². The van der Waals surface area contributed by atoms with Gasteiger partial charge in [0, 0.05) is 20.1 Å². The van der Waals surface area contributed by atoms with Gasteiger partial charge in [0.2, 0.25) is 0 Å². The minimum Gasteiger partial charge on any atom is -0.505 e. The molecule has 1 saturated heterocycles. The molecular formula is C14H16N4O5. The molecular weight excluding hydrogens is 304 g/mol. The van der Waals surface area contributed by atoms with Crippen LogP contribution in [-0.4, -0.2) is 54.5 Å². The van der Waals surface area contributed by atoms with Crippen molar-refractivity contribution in [2.45, 2.75) is 12.8 Å². The topological polar surface area (TPSA) is 117 Å². The lowest BCUT2D eigenvalue weighted by Gasteiger charge is -2.30. The maximum atomic E-state index is 12.6. The van der Waals surface area contributed by atoms with Crippen LogP contribution in [0.2, 0.25) is 0 Å². The van der Waals surface area contributed by atoms with E-state index in [0.29, 0.717) is 12.8 Å². The number of rotatable bonds is 2. The van der Waals surface area contributed by atoms with Crippen molar-refractivity contribution in [2.24, 2.45) is 13.0 Å². The highest BCUT2D eigenvalue weighted by atomic mass is 16.4. The zero-order valence-electron chi connectivity index (χ0n) is 12.5. The number of carbonyl (C=O) groups is 2. The SMILES string of the molecule is Cn1c(=O)c(C(=O)N2CCC(C(=O)O)CC2)c(O)c2ccnn21. The summed E-state index contributed by atoms with van der Waals surface area (Å²) >= 11 is 0. The van der Waals surface area contributed by atoms with Gasteiger partial charge in [-0.1, -0.05) is 0 Å². The summed E-state index contributed by atoms with van der Waals surface area (Å²) in [6.45, 7) is 0.478. The van der Waals surface area contributed by atoms with E-state index in [1.54, 1.807) is 0 Å². The maximum Gasteiger partial charge on any atom is 0.306 e. The summed E-state index contributed by atoms with van der Waals surface area (Å²) in [6, 6.07) is 1.50. The van der Waals surface area contributed by atoms with Gasteiger partial charge in [0.1, 0.15) is 5.52 Å². The van der Waals surface area contributed by atoms with Gasteiger partial charge in [0.05, 0.1) is 12.1 Å². The number of hydrogen-bond acceptors (Lipinski definition) is 5. The van der Waals surface area contributed by atoms with Gasteiger partial charge in [-0.05, 0) is 18.9 Å². The van der Waals surface area contributed by atoms with Gasteiger partial charge >= 0.3 is 5.97 Å². The van der Waals surface area contributed by atoms with Crippen LogP contribution in [0.5, 0.6) is 5.75 Å². The first-order valence-corrected chi connectivity index (χ1v) is 7.20. The number of carbonyl (C=O) groups excluding carboxylic acids is 1. The van der Waals surface area contributed by atoms with E-state index in [1.807, 2.05) is 0 Å². The van der Waals surface area contributed by atoms with Gasteiger partial charge in [-0.3, -0.25) is 14.4 Å². The van der Waals surface area contributed by atoms with E-state index in [-0.39, 0.29) is 24.2 Å². The quantitative estimate of drug-likeness (QED) is 0.783. The fraction of sp³-hybridized carbons (Fsp3) is 0.429. The number of fused-ring (bicyclic) bond motifs is 1. The number of aromatic hydroxyl groups is 1. The molecule has 1 aliphatic rings. The number of nitrogens with zero attached hydrogens (tertiary/aromatic N) is 4. The van der Waals surface area contributed by atoms with Crippen molar-refractivity contribution >= 4 is 17.4 Å². The molecule has 1 fully saturated rings. The molecule has 2 aromatic rings. The molecule has 2 N–H and O–H groups in total. The van der Waals surface area contributed by atoms with Crippen LogP contribution in [0.1, 0.15) is 23.2 Å². The Morgan fingerprint density at radius 1 is 1.30 bits per heavy atom. The van der Waals surface area contributed by atoms with Gasteiger partial charge in [0.15, 0.2) is 11.3 Å². The molecule has 0 bridgehead atoms. The van der Waals surface area contributed by atoms with Crippen LogP contribution in [0.4, 0.5) is 0 Å². The standard InChI is InChI=1S/C14H16N4O5/c1-16-12(20)10(11(19)9-2-5-15-18(9)16)13(21)17-6-3-8(4-7-17)14(22)23/h2,5,8,19H,3-4,6-7H2,1H3,(H,22,23). The number of likely N-dealkylation sites (tertiary alicyclic amines) is 1. The molecule has 23 heavy (non-hydrogen) atoms. The molecule has 0 radical (unpaired) electrons. The van der Waals surface area contributed by atoms with Crippen molar-refractivity contribution in [2.75, 3.05) is 13.1 Å². The van der Waals surface area contributed by atoms with Crippen LogP contribution < -0.4 is 5.56 Å². The van der Waals surface area contributed by atoms with Crippen molar-refractivity contribution in [3.05, 3.63) is 28.2 Å². The maximum absolute atomic E-state index is 12.6. The van der Waals surface area contributed by atoms with Crippen molar-refractivity contribution < 1.29 is 19.8 Å². The van der Waals surface area contributed by atoms with Gasteiger partial charge in [0.25, 0.3) is 11.5 Å². The van der Waals surface area contributed by atoms with E-state index in [2.05, 4.69) is 5.10 Å². The lowest BCUT2D eigenvalue weighted by atomic mass is 9.96. The van der Waals surface area contributed by atoms with Crippen LogP contribution in [0, 0.1) is 5.92 Å². The monoisotopic (exact) mass is 320 g/mol. The van der Waals surface area contributed by atoms with E-state index in [1.165, 1.54) is 28.8 Å². The average Bonchev–Trinajstić information content (AvgIpc) is 3.03. The Kier molecular flexibility index (Phi) is 3.55. The number of aliphatic carboxylic acids is 1. The predicted octanol–water partition coefficient (Wildman–Crippen LogP) is -0.325. The molecule has 9 nitrogen and oxygen atoms in total. The zero-order valence-corrected chi connectivity index (χ0v) is 12.5. The first kappa shape index (κ1) is 15.1. The Bertz CT molecular complexity index is 845. The number of piperidine rings is 1. The first-order chi connectivity index (χ1) is 10.9. The molecule has 2 aromatic heterocycles. The smallest absolute Gasteiger partial charge is 0.306 e. The van der Waals surface area contributed by atoms with Gasteiger partial charge in [-0.2, -0.15) is 9.73 Å². The average molecular weight is 320 g/mol. The van der Waals surface area contributed by atoms with Gasteiger partial charge in [-0.15, -0.1) is 0 Å². The second-order valence-electron chi connectivity index (χ2n) is 5.56. The highest BCUT2D eigenvalue weighted by Crippen LogP contribution is 2.24. The molecule has 1 aliphatic heterocycles. The lowest BCUT2D eigenvalue weighted by Crippen LogP contribution is -2.43. The van der Waals surface area contributed by atoms with Crippen molar-refractivity contribution in [1.29, 1.82) is 0 Å². The highest BCUT2D eigenvalue weighted by molar-refractivity contribution is 5.98. The molecule has 122 valence electrons. The summed E-state index contributed by atoms with van der Waals surface area (Å²) in [6.07, 6.45) is 2.08. The molecule has 0 atom stereocenters. The minimum atomic E-state index is -0.878. The number of aromatic nitrogens is 3. The van der Waals surface area contributed by atoms with Crippen LogP contribution in [0.25, 0.3) is 5.52 Å². The largest absolute Gasteiger partial charge is 0.505 e. The second kappa shape index (κ2) is 5.41. The summed E-state index contributed by atoms with van der Waals surface area (Å²) in [7, 11) is 1.45. The fourth-order valence-corrected chi connectivity index (χ4v) is 2.87. The molecule has 0 aliphatic carbocycles. The highest BCUT2D eigenvalue weighted by Gasteiger charge is 2.31. The van der Waals surface area contributed by atoms with Crippen molar-refractivity contribution in [3.63, 3.8) is 0 Å². The Morgan fingerprint density at radius 2 is 1.96 bits per heavy atom. The third-order valence-corrected chi connectivity index (χ3v) is 4.24. The van der Waals surface area contributed by atoms with Crippen LogP contribution >= 0.6 is 0 Å². The summed E-state index contributed by atoms with van der Waals surface area (Å²) < 4.78 is 2.36. The molecule has 3 heterocycles. The second-order valence-corrected chi connectivity index (χ2v) is 5.56.